The molecule has 7 nitrogen and oxygen atoms in total. The van der Waals surface area contributed by atoms with Gasteiger partial charge in [-0.15, -0.1) is 24.0 Å². The number of piperidine rings is 1. The van der Waals surface area contributed by atoms with Crippen LogP contribution in [0.1, 0.15) is 51.9 Å². The average molecular weight is 527 g/mol. The van der Waals surface area contributed by atoms with Crippen LogP contribution in [-0.2, 0) is 18.9 Å². The average Bonchev–Trinajstić information content (AvgIpc) is 2.74. The predicted octanol–water partition coefficient (Wildman–Crippen LogP) is 3.06. The van der Waals surface area contributed by atoms with Crippen LogP contribution in [0.5, 0.6) is 0 Å². The number of hydrogen-bond donors (Lipinski definition) is 1. The van der Waals surface area contributed by atoms with Crippen molar-refractivity contribution in [3.8, 4) is 0 Å². The van der Waals surface area contributed by atoms with Gasteiger partial charge in [-0.25, -0.2) is 0 Å². The van der Waals surface area contributed by atoms with Crippen molar-refractivity contribution in [3.05, 3.63) is 0 Å². The molecule has 2 fully saturated rings. The zero-order valence-corrected chi connectivity index (χ0v) is 20.7. The third-order valence-electron chi connectivity index (χ3n) is 5.26. The molecule has 1 atom stereocenters. The Morgan fingerprint density at radius 2 is 1.93 bits per heavy atom. The molecule has 0 bridgehead atoms. The molecule has 2 aliphatic heterocycles. The van der Waals surface area contributed by atoms with Gasteiger partial charge in [0.15, 0.2) is 5.96 Å². The van der Waals surface area contributed by atoms with Gasteiger partial charge in [-0.05, 0) is 51.9 Å². The summed E-state index contributed by atoms with van der Waals surface area (Å²) in [5.74, 6) is 1.04. The number of halogens is 1. The Morgan fingerprint density at radius 3 is 2.62 bits per heavy atom. The summed E-state index contributed by atoms with van der Waals surface area (Å²) in [6, 6.07) is 0. The van der Waals surface area contributed by atoms with Crippen molar-refractivity contribution in [2.45, 2.75) is 64.1 Å². The number of hydrogen-bond acceptors (Lipinski definition) is 5. The van der Waals surface area contributed by atoms with Crippen LogP contribution in [0.4, 0.5) is 0 Å². The summed E-state index contributed by atoms with van der Waals surface area (Å²) >= 11 is 0. The molecule has 29 heavy (non-hydrogen) atoms. The van der Waals surface area contributed by atoms with Crippen molar-refractivity contribution in [1.82, 2.24) is 10.2 Å². The SMILES string of the molecule is CCNC(=NCCCCOCCOC)N1CCC(OCC2CCCCO2)CC1.I. The number of aliphatic imine (C=N–C) groups is 1. The van der Waals surface area contributed by atoms with E-state index in [1.165, 1.54) is 12.8 Å². The first-order chi connectivity index (χ1) is 13.8. The van der Waals surface area contributed by atoms with E-state index in [-0.39, 0.29) is 24.0 Å². The van der Waals surface area contributed by atoms with E-state index < -0.39 is 0 Å². The molecular weight excluding hydrogens is 485 g/mol. The smallest absolute Gasteiger partial charge is 0.193 e. The molecule has 0 aliphatic carbocycles. The maximum Gasteiger partial charge on any atom is 0.193 e. The highest BCUT2D eigenvalue weighted by molar-refractivity contribution is 14.0. The lowest BCUT2D eigenvalue weighted by atomic mass is 10.1. The number of methoxy groups -OCH3 is 1. The van der Waals surface area contributed by atoms with Crippen LogP contribution in [0.25, 0.3) is 0 Å². The molecule has 0 radical (unpaired) electrons. The molecule has 0 aromatic heterocycles. The third-order valence-corrected chi connectivity index (χ3v) is 5.26. The number of nitrogens with zero attached hydrogens (tertiary/aromatic N) is 2. The molecule has 0 amide bonds. The van der Waals surface area contributed by atoms with E-state index in [0.29, 0.717) is 25.4 Å². The predicted molar refractivity (Wildman–Crippen MR) is 127 cm³/mol. The van der Waals surface area contributed by atoms with Crippen LogP contribution in [-0.4, -0.2) is 89.4 Å². The van der Waals surface area contributed by atoms with Crippen LogP contribution in [0, 0.1) is 0 Å². The van der Waals surface area contributed by atoms with E-state index in [4.69, 9.17) is 23.9 Å². The molecule has 2 heterocycles. The van der Waals surface area contributed by atoms with Crippen LogP contribution >= 0.6 is 24.0 Å². The fourth-order valence-corrected chi connectivity index (χ4v) is 3.59. The number of likely N-dealkylation sites (tertiary alicyclic amines) is 1. The number of nitrogens with one attached hydrogen (secondary N) is 1. The van der Waals surface area contributed by atoms with Gasteiger partial charge < -0.3 is 29.2 Å². The highest BCUT2D eigenvalue weighted by atomic mass is 127. The molecular formula is C21H42IN3O4. The quantitative estimate of drug-likeness (QED) is 0.182. The first-order valence-corrected chi connectivity index (χ1v) is 11.2. The maximum atomic E-state index is 6.13. The Labute approximate surface area is 194 Å². The highest BCUT2D eigenvalue weighted by Gasteiger charge is 2.23. The van der Waals surface area contributed by atoms with E-state index in [2.05, 4.69) is 17.1 Å². The summed E-state index contributed by atoms with van der Waals surface area (Å²) in [5, 5.41) is 3.44. The monoisotopic (exact) mass is 527 g/mol. The van der Waals surface area contributed by atoms with Gasteiger partial charge in [0.05, 0.1) is 32.0 Å². The number of ether oxygens (including phenoxy) is 4. The molecule has 1 N–H and O–H groups in total. The topological polar surface area (TPSA) is 64.6 Å². The fraction of sp³-hybridized carbons (Fsp3) is 0.952. The van der Waals surface area contributed by atoms with Crippen molar-refractivity contribution >= 4 is 29.9 Å². The summed E-state index contributed by atoms with van der Waals surface area (Å²) < 4.78 is 22.4. The van der Waals surface area contributed by atoms with Gasteiger partial charge in [0, 0.05) is 46.5 Å². The van der Waals surface area contributed by atoms with Crippen LogP contribution < -0.4 is 5.32 Å². The van der Waals surface area contributed by atoms with Gasteiger partial charge in [-0.3, -0.25) is 4.99 Å². The first kappa shape index (κ1) is 26.9. The van der Waals surface area contributed by atoms with Crippen molar-refractivity contribution < 1.29 is 18.9 Å². The number of guanidine groups is 1. The lowest BCUT2D eigenvalue weighted by molar-refractivity contribution is -0.0721. The van der Waals surface area contributed by atoms with E-state index in [1.54, 1.807) is 7.11 Å². The lowest BCUT2D eigenvalue weighted by Gasteiger charge is -2.35. The minimum Gasteiger partial charge on any atom is -0.382 e. The van der Waals surface area contributed by atoms with Crippen molar-refractivity contribution in [1.29, 1.82) is 0 Å². The molecule has 2 aliphatic rings. The van der Waals surface area contributed by atoms with Crippen LogP contribution in [0.2, 0.25) is 0 Å². The van der Waals surface area contributed by atoms with E-state index in [9.17, 15) is 0 Å². The largest absolute Gasteiger partial charge is 0.382 e. The van der Waals surface area contributed by atoms with E-state index in [0.717, 1.165) is 84.1 Å². The highest BCUT2D eigenvalue weighted by Crippen LogP contribution is 2.18. The van der Waals surface area contributed by atoms with Gasteiger partial charge in [-0.1, -0.05) is 0 Å². The Hall–Kier alpha value is -0.160. The molecule has 0 saturated carbocycles. The summed E-state index contributed by atoms with van der Waals surface area (Å²) in [5.41, 5.74) is 0. The standard InChI is InChI=1S/C21H41N3O4.HI/c1-3-22-21(23-11-5-7-14-26-17-16-25-2)24-12-9-19(10-13-24)28-18-20-8-4-6-15-27-20;/h19-20H,3-18H2,1-2H3,(H,22,23);1H. The second-order valence-electron chi connectivity index (χ2n) is 7.56. The summed E-state index contributed by atoms with van der Waals surface area (Å²) in [6.45, 7) is 9.63. The number of unbranched alkanes of at least 4 members (excludes halogenated alkanes) is 1. The van der Waals surface area contributed by atoms with Crippen molar-refractivity contribution in [3.63, 3.8) is 0 Å². The molecule has 172 valence electrons. The molecule has 8 heteroatoms. The van der Waals surface area contributed by atoms with Crippen molar-refractivity contribution in [2.75, 3.05) is 66.3 Å². The zero-order valence-electron chi connectivity index (χ0n) is 18.4. The number of rotatable bonds is 12. The summed E-state index contributed by atoms with van der Waals surface area (Å²) in [4.78, 5) is 7.18. The van der Waals surface area contributed by atoms with Crippen LogP contribution in [0.15, 0.2) is 4.99 Å². The summed E-state index contributed by atoms with van der Waals surface area (Å²) in [7, 11) is 1.69. The van der Waals surface area contributed by atoms with Gasteiger partial charge in [0.2, 0.25) is 0 Å². The van der Waals surface area contributed by atoms with Gasteiger partial charge in [-0.2, -0.15) is 0 Å². The molecule has 2 saturated heterocycles. The second kappa shape index (κ2) is 17.5. The normalized spacial score (nSPS) is 21.1. The van der Waals surface area contributed by atoms with E-state index in [1.807, 2.05) is 0 Å². The first-order valence-electron chi connectivity index (χ1n) is 11.2. The van der Waals surface area contributed by atoms with Gasteiger partial charge in [0.25, 0.3) is 0 Å². The Balaban J connectivity index is 0.00000420. The molecule has 0 aromatic carbocycles. The molecule has 1 unspecified atom stereocenters. The second-order valence-corrected chi connectivity index (χ2v) is 7.56. The van der Waals surface area contributed by atoms with Gasteiger partial charge in [0.1, 0.15) is 0 Å². The van der Waals surface area contributed by atoms with Crippen molar-refractivity contribution in [2.24, 2.45) is 4.99 Å². The Bertz CT molecular complexity index is 415. The van der Waals surface area contributed by atoms with E-state index >= 15 is 0 Å². The Kier molecular flexibility index (Phi) is 16.2. The summed E-state index contributed by atoms with van der Waals surface area (Å²) in [6.07, 6.45) is 8.48. The minimum atomic E-state index is 0. The third kappa shape index (κ3) is 11.7. The van der Waals surface area contributed by atoms with Crippen LogP contribution in [0.3, 0.4) is 0 Å². The minimum absolute atomic E-state index is 0. The fourth-order valence-electron chi connectivity index (χ4n) is 3.59. The Morgan fingerprint density at radius 1 is 1.10 bits per heavy atom. The maximum absolute atomic E-state index is 6.13. The molecule has 0 aromatic rings. The van der Waals surface area contributed by atoms with Gasteiger partial charge >= 0.3 is 0 Å². The zero-order chi connectivity index (χ0) is 19.9. The molecule has 0 spiro atoms. The lowest BCUT2D eigenvalue weighted by Crippen LogP contribution is -2.47. The molecule has 2 rings (SSSR count).